The molecule has 1 amide bonds. The van der Waals surface area contributed by atoms with Crippen LogP contribution in [0.15, 0.2) is 24.3 Å². The van der Waals surface area contributed by atoms with E-state index in [0.717, 1.165) is 64.5 Å². The van der Waals surface area contributed by atoms with E-state index in [1.165, 1.54) is 5.56 Å². The lowest BCUT2D eigenvalue weighted by atomic mass is 10.2. The van der Waals surface area contributed by atoms with Crippen molar-refractivity contribution < 1.29 is 9.53 Å². The molecule has 1 aromatic carbocycles. The minimum Gasteiger partial charge on any atom is -0.383 e. The zero-order valence-corrected chi connectivity index (χ0v) is 14.0. The largest absolute Gasteiger partial charge is 0.383 e. The fourth-order valence-corrected chi connectivity index (χ4v) is 3.44. The number of benzene rings is 1. The van der Waals surface area contributed by atoms with E-state index in [-0.39, 0.29) is 5.91 Å². The van der Waals surface area contributed by atoms with Gasteiger partial charge in [-0.05, 0) is 18.1 Å². The third-order valence-corrected chi connectivity index (χ3v) is 4.91. The van der Waals surface area contributed by atoms with Crippen molar-refractivity contribution in [1.29, 1.82) is 0 Å². The summed E-state index contributed by atoms with van der Waals surface area (Å²) >= 11 is 0. The van der Waals surface area contributed by atoms with Gasteiger partial charge in [-0.15, -0.1) is 0 Å². The Hall–Kier alpha value is -1.43. The summed E-state index contributed by atoms with van der Waals surface area (Å²) in [4.78, 5) is 19.3. The highest BCUT2D eigenvalue weighted by Crippen LogP contribution is 2.27. The summed E-state index contributed by atoms with van der Waals surface area (Å²) in [5, 5.41) is 0. The van der Waals surface area contributed by atoms with E-state index < -0.39 is 0 Å². The van der Waals surface area contributed by atoms with Crippen LogP contribution in [0.4, 0.5) is 5.69 Å². The second-order valence-electron chi connectivity index (χ2n) is 6.35. The first-order chi connectivity index (χ1) is 11.3. The monoisotopic (exact) mass is 317 g/mol. The van der Waals surface area contributed by atoms with Gasteiger partial charge in [-0.2, -0.15) is 0 Å². The predicted octanol–water partition coefficient (Wildman–Crippen LogP) is 1.23. The summed E-state index contributed by atoms with van der Waals surface area (Å²) in [6.07, 6.45) is 1.60. The van der Waals surface area contributed by atoms with Crippen molar-refractivity contribution in [2.45, 2.75) is 12.8 Å². The Kier molecular flexibility index (Phi) is 5.65. The summed E-state index contributed by atoms with van der Waals surface area (Å²) in [6.45, 7) is 7.76. The third-order valence-electron chi connectivity index (χ3n) is 4.91. The molecule has 2 aliphatic rings. The van der Waals surface area contributed by atoms with Crippen LogP contribution < -0.4 is 4.90 Å². The summed E-state index contributed by atoms with van der Waals surface area (Å²) in [5.74, 6) is 0.261. The molecule has 0 aromatic heterocycles. The first-order valence-corrected chi connectivity index (χ1v) is 8.60. The highest BCUT2D eigenvalue weighted by molar-refractivity contribution is 5.95. The molecule has 1 saturated heterocycles. The Morgan fingerprint density at radius 3 is 2.48 bits per heavy atom. The summed E-state index contributed by atoms with van der Waals surface area (Å²) in [5.41, 5.74) is 2.41. The van der Waals surface area contributed by atoms with Crippen molar-refractivity contribution in [2.75, 3.05) is 64.4 Å². The van der Waals surface area contributed by atoms with E-state index in [2.05, 4.69) is 28.0 Å². The van der Waals surface area contributed by atoms with Crippen LogP contribution in [0.3, 0.4) is 0 Å². The van der Waals surface area contributed by atoms with Crippen LogP contribution in [0.5, 0.6) is 0 Å². The molecule has 126 valence electrons. The Morgan fingerprint density at radius 2 is 1.74 bits per heavy atom. The van der Waals surface area contributed by atoms with Gasteiger partial charge in [0.1, 0.15) is 0 Å². The van der Waals surface area contributed by atoms with Gasteiger partial charge in [0, 0.05) is 65.0 Å². The molecule has 0 spiro atoms. The molecule has 2 aliphatic heterocycles. The van der Waals surface area contributed by atoms with Crippen molar-refractivity contribution in [3.05, 3.63) is 29.8 Å². The molecule has 0 atom stereocenters. The molecule has 0 bridgehead atoms. The number of nitrogens with zero attached hydrogens (tertiary/aromatic N) is 3. The lowest BCUT2D eigenvalue weighted by Gasteiger charge is -2.34. The number of methoxy groups -OCH3 is 1. The molecular formula is C18H27N3O2. The standard InChI is InChI=1S/C18H27N3O2/c1-23-15-14-20-12-10-19(11-13-20)8-7-18(22)21-9-6-16-4-2-3-5-17(16)21/h2-5H,6-15H2,1H3. The van der Waals surface area contributed by atoms with Crippen molar-refractivity contribution >= 4 is 11.6 Å². The van der Waals surface area contributed by atoms with Gasteiger partial charge in [0.2, 0.25) is 5.91 Å². The number of fused-ring (bicyclic) bond motifs is 1. The van der Waals surface area contributed by atoms with Crippen LogP contribution in [0.25, 0.3) is 0 Å². The molecule has 0 N–H and O–H groups in total. The third kappa shape index (κ3) is 4.10. The molecular weight excluding hydrogens is 290 g/mol. The second-order valence-corrected chi connectivity index (χ2v) is 6.35. The Balaban J connectivity index is 1.42. The van der Waals surface area contributed by atoms with Crippen LogP contribution in [-0.2, 0) is 16.0 Å². The van der Waals surface area contributed by atoms with E-state index >= 15 is 0 Å². The molecule has 2 heterocycles. The maximum Gasteiger partial charge on any atom is 0.228 e. The van der Waals surface area contributed by atoms with Gasteiger partial charge in [0.05, 0.1) is 6.61 Å². The number of hydrogen-bond donors (Lipinski definition) is 0. The minimum atomic E-state index is 0.261. The van der Waals surface area contributed by atoms with Crippen LogP contribution in [0.1, 0.15) is 12.0 Å². The summed E-state index contributed by atoms with van der Waals surface area (Å²) < 4.78 is 5.13. The highest BCUT2D eigenvalue weighted by Gasteiger charge is 2.24. The second kappa shape index (κ2) is 7.90. The van der Waals surface area contributed by atoms with Gasteiger partial charge in [-0.1, -0.05) is 18.2 Å². The molecule has 1 fully saturated rings. The smallest absolute Gasteiger partial charge is 0.228 e. The topological polar surface area (TPSA) is 36.0 Å². The van der Waals surface area contributed by atoms with Gasteiger partial charge < -0.3 is 14.5 Å². The van der Waals surface area contributed by atoms with Gasteiger partial charge in [-0.3, -0.25) is 9.69 Å². The molecule has 23 heavy (non-hydrogen) atoms. The van der Waals surface area contributed by atoms with Gasteiger partial charge in [0.25, 0.3) is 0 Å². The average Bonchev–Trinajstić information content (AvgIpc) is 3.03. The number of hydrogen-bond acceptors (Lipinski definition) is 4. The minimum absolute atomic E-state index is 0.261. The number of ether oxygens (including phenoxy) is 1. The SMILES string of the molecule is COCCN1CCN(CCC(=O)N2CCc3ccccc32)CC1. The molecule has 5 nitrogen and oxygen atoms in total. The number of para-hydroxylation sites is 1. The van der Waals surface area contributed by atoms with Crippen LogP contribution in [0, 0.1) is 0 Å². The first kappa shape index (κ1) is 16.4. The lowest BCUT2D eigenvalue weighted by molar-refractivity contribution is -0.118. The lowest BCUT2D eigenvalue weighted by Crippen LogP contribution is -2.48. The zero-order chi connectivity index (χ0) is 16.1. The Morgan fingerprint density at radius 1 is 1.04 bits per heavy atom. The Labute approximate surface area is 138 Å². The molecule has 0 aliphatic carbocycles. The fraction of sp³-hybridized carbons (Fsp3) is 0.611. The Bertz CT molecular complexity index is 527. The zero-order valence-electron chi connectivity index (χ0n) is 14.0. The summed E-state index contributed by atoms with van der Waals surface area (Å²) in [6, 6.07) is 8.26. The molecule has 5 heteroatoms. The van der Waals surface area contributed by atoms with E-state index in [1.54, 1.807) is 7.11 Å². The van der Waals surface area contributed by atoms with Gasteiger partial charge in [-0.25, -0.2) is 0 Å². The highest BCUT2D eigenvalue weighted by atomic mass is 16.5. The molecule has 0 radical (unpaired) electrons. The molecule has 3 rings (SSSR count). The number of anilines is 1. The van der Waals surface area contributed by atoms with E-state index in [0.29, 0.717) is 6.42 Å². The van der Waals surface area contributed by atoms with Crippen LogP contribution in [0.2, 0.25) is 0 Å². The van der Waals surface area contributed by atoms with Gasteiger partial charge in [0.15, 0.2) is 0 Å². The van der Waals surface area contributed by atoms with Crippen molar-refractivity contribution in [3.63, 3.8) is 0 Å². The fourth-order valence-electron chi connectivity index (χ4n) is 3.44. The van der Waals surface area contributed by atoms with Crippen molar-refractivity contribution in [3.8, 4) is 0 Å². The summed E-state index contributed by atoms with van der Waals surface area (Å²) in [7, 11) is 1.75. The number of carbonyl (C=O) groups is 1. The molecule has 0 unspecified atom stereocenters. The first-order valence-electron chi connectivity index (χ1n) is 8.60. The molecule has 0 saturated carbocycles. The van der Waals surface area contributed by atoms with Crippen molar-refractivity contribution in [2.24, 2.45) is 0 Å². The van der Waals surface area contributed by atoms with Crippen molar-refractivity contribution in [1.82, 2.24) is 9.80 Å². The maximum atomic E-state index is 12.5. The average molecular weight is 317 g/mol. The van der Waals surface area contributed by atoms with Gasteiger partial charge >= 0.3 is 0 Å². The predicted molar refractivity (Wildman–Crippen MR) is 91.9 cm³/mol. The van der Waals surface area contributed by atoms with E-state index in [1.807, 2.05) is 11.0 Å². The van der Waals surface area contributed by atoms with E-state index in [4.69, 9.17) is 4.74 Å². The number of rotatable bonds is 6. The maximum absolute atomic E-state index is 12.5. The molecule has 1 aromatic rings. The normalized spacial score (nSPS) is 19.1. The van der Waals surface area contributed by atoms with Crippen LogP contribution >= 0.6 is 0 Å². The van der Waals surface area contributed by atoms with Crippen LogP contribution in [-0.4, -0.2) is 75.2 Å². The quantitative estimate of drug-likeness (QED) is 0.791. The number of carbonyl (C=O) groups excluding carboxylic acids is 1. The van der Waals surface area contributed by atoms with E-state index in [9.17, 15) is 4.79 Å². The number of amides is 1. The number of piperazine rings is 1.